The zero-order valence-corrected chi connectivity index (χ0v) is 14.7. The molecule has 2 heterocycles. The van der Waals surface area contributed by atoms with Gasteiger partial charge in [-0.15, -0.1) is 11.3 Å². The fourth-order valence-corrected chi connectivity index (χ4v) is 4.47. The number of thiophene rings is 1. The fourth-order valence-electron chi connectivity index (χ4n) is 3.08. The predicted molar refractivity (Wildman–Crippen MR) is 95.6 cm³/mol. The minimum atomic E-state index is -0.00616. The number of halogens is 1. The van der Waals surface area contributed by atoms with Crippen molar-refractivity contribution < 1.29 is 9.53 Å². The van der Waals surface area contributed by atoms with Crippen molar-refractivity contribution >= 4 is 38.9 Å². The lowest BCUT2D eigenvalue weighted by Crippen LogP contribution is -2.01. The van der Waals surface area contributed by atoms with Crippen LogP contribution in [-0.2, 0) is 12.8 Å². The molecule has 0 aliphatic heterocycles. The van der Waals surface area contributed by atoms with Crippen LogP contribution in [0.2, 0.25) is 5.02 Å². The maximum Gasteiger partial charge on any atom is 0.231 e. The second-order valence-electron chi connectivity index (χ2n) is 5.74. The van der Waals surface area contributed by atoms with Gasteiger partial charge in [0.1, 0.15) is 16.9 Å². The van der Waals surface area contributed by atoms with Crippen molar-refractivity contribution in [1.29, 1.82) is 0 Å². The minimum Gasteiger partial charge on any atom is -0.437 e. The Bertz CT molecular complexity index is 952. The summed E-state index contributed by atoms with van der Waals surface area (Å²) in [5.74, 6) is 1.00. The van der Waals surface area contributed by atoms with Crippen LogP contribution in [0, 0.1) is 0 Å². The molecule has 4 nitrogen and oxygen atoms in total. The van der Waals surface area contributed by atoms with E-state index < -0.39 is 0 Å². The van der Waals surface area contributed by atoms with Crippen molar-refractivity contribution in [2.45, 2.75) is 32.6 Å². The normalized spacial score (nSPS) is 13.2. The van der Waals surface area contributed by atoms with E-state index in [4.69, 9.17) is 16.3 Å². The Labute approximate surface area is 148 Å². The van der Waals surface area contributed by atoms with Crippen LogP contribution in [0.3, 0.4) is 0 Å². The van der Waals surface area contributed by atoms with E-state index >= 15 is 0 Å². The molecule has 0 unspecified atom stereocenters. The van der Waals surface area contributed by atoms with E-state index in [1.807, 2.05) is 6.92 Å². The molecule has 2 aromatic heterocycles. The van der Waals surface area contributed by atoms with E-state index in [0.29, 0.717) is 28.6 Å². The summed E-state index contributed by atoms with van der Waals surface area (Å²) >= 11 is 7.75. The number of carbonyl (C=O) groups excluding carboxylic acids is 1. The first kappa shape index (κ1) is 15.5. The van der Waals surface area contributed by atoms with E-state index in [9.17, 15) is 4.79 Å². The number of hydrogen-bond acceptors (Lipinski definition) is 5. The molecule has 1 aliphatic rings. The van der Waals surface area contributed by atoms with Crippen molar-refractivity contribution in [3.8, 4) is 11.6 Å². The van der Waals surface area contributed by atoms with Crippen LogP contribution in [0.5, 0.6) is 11.6 Å². The van der Waals surface area contributed by atoms with Gasteiger partial charge in [-0.05, 0) is 43.0 Å². The molecule has 24 heavy (non-hydrogen) atoms. The molecule has 122 valence electrons. The van der Waals surface area contributed by atoms with E-state index in [1.165, 1.54) is 16.8 Å². The van der Waals surface area contributed by atoms with Gasteiger partial charge in [0.15, 0.2) is 5.78 Å². The van der Waals surface area contributed by atoms with Crippen LogP contribution in [0.1, 0.15) is 40.6 Å². The average molecular weight is 359 g/mol. The van der Waals surface area contributed by atoms with Gasteiger partial charge in [0.25, 0.3) is 0 Å². The van der Waals surface area contributed by atoms with Crippen molar-refractivity contribution in [2.24, 2.45) is 0 Å². The van der Waals surface area contributed by atoms with E-state index in [-0.39, 0.29) is 5.78 Å². The largest absolute Gasteiger partial charge is 0.437 e. The standard InChI is InChI=1S/C18H15ClN2O2S/c1-2-13(22)12-8-10(19)6-7-14(12)23-17-16-11-4-3-5-15(11)24-18(16)21-9-20-17/h6-9H,2-5H2,1H3. The van der Waals surface area contributed by atoms with Gasteiger partial charge >= 0.3 is 0 Å². The molecule has 0 spiro atoms. The van der Waals surface area contributed by atoms with Crippen molar-refractivity contribution in [2.75, 3.05) is 0 Å². The zero-order valence-electron chi connectivity index (χ0n) is 13.1. The second kappa shape index (κ2) is 6.15. The highest BCUT2D eigenvalue weighted by molar-refractivity contribution is 7.18. The van der Waals surface area contributed by atoms with Crippen molar-refractivity contribution in [1.82, 2.24) is 9.97 Å². The lowest BCUT2D eigenvalue weighted by Gasteiger charge is -2.11. The van der Waals surface area contributed by atoms with Crippen molar-refractivity contribution in [3.63, 3.8) is 0 Å². The molecule has 3 aromatic rings. The third-order valence-corrected chi connectivity index (χ3v) is 5.67. The predicted octanol–water partition coefficient (Wildman–Crippen LogP) is 5.22. The average Bonchev–Trinajstić information content (AvgIpc) is 3.16. The molecule has 0 fully saturated rings. The molecule has 0 atom stereocenters. The summed E-state index contributed by atoms with van der Waals surface area (Å²) in [6, 6.07) is 5.10. The first-order valence-electron chi connectivity index (χ1n) is 7.93. The highest BCUT2D eigenvalue weighted by Crippen LogP contribution is 2.41. The van der Waals surface area contributed by atoms with Gasteiger partial charge < -0.3 is 4.74 Å². The van der Waals surface area contributed by atoms with E-state index in [0.717, 1.165) is 29.5 Å². The fraction of sp³-hybridized carbons (Fsp3) is 0.278. The molecular weight excluding hydrogens is 344 g/mol. The van der Waals surface area contributed by atoms with Gasteiger partial charge in [-0.3, -0.25) is 4.79 Å². The molecule has 1 aliphatic carbocycles. The SMILES string of the molecule is CCC(=O)c1cc(Cl)ccc1Oc1ncnc2sc3c(c12)CCC3. The maximum absolute atomic E-state index is 12.2. The summed E-state index contributed by atoms with van der Waals surface area (Å²) in [5.41, 5.74) is 1.78. The topological polar surface area (TPSA) is 52.1 Å². The van der Waals surface area contributed by atoms with Gasteiger partial charge in [0.2, 0.25) is 5.88 Å². The number of ether oxygens (including phenoxy) is 1. The highest BCUT2D eigenvalue weighted by Gasteiger charge is 2.23. The summed E-state index contributed by atoms with van der Waals surface area (Å²) in [6.07, 6.45) is 5.19. The van der Waals surface area contributed by atoms with Gasteiger partial charge in [0, 0.05) is 16.3 Å². The summed E-state index contributed by atoms with van der Waals surface area (Å²) in [6.45, 7) is 1.82. The number of hydrogen-bond donors (Lipinski definition) is 0. The molecule has 0 bridgehead atoms. The van der Waals surface area contributed by atoms with Crippen LogP contribution < -0.4 is 4.74 Å². The lowest BCUT2D eigenvalue weighted by atomic mass is 10.1. The van der Waals surface area contributed by atoms with Gasteiger partial charge in [-0.1, -0.05) is 18.5 Å². The Kier molecular flexibility index (Phi) is 3.98. The maximum atomic E-state index is 12.2. The van der Waals surface area contributed by atoms with Crippen LogP contribution >= 0.6 is 22.9 Å². The Morgan fingerprint density at radius 2 is 2.21 bits per heavy atom. The Hall–Kier alpha value is -1.98. The zero-order chi connectivity index (χ0) is 16.7. The number of fused-ring (bicyclic) bond motifs is 3. The highest BCUT2D eigenvalue weighted by atomic mass is 35.5. The van der Waals surface area contributed by atoms with Gasteiger partial charge in [0.05, 0.1) is 10.9 Å². The number of ketones is 1. The van der Waals surface area contributed by atoms with Crippen LogP contribution in [0.15, 0.2) is 24.5 Å². The molecule has 6 heteroatoms. The number of Topliss-reactive ketones (excluding diaryl/α,β-unsaturated/α-hetero) is 1. The molecule has 4 rings (SSSR count). The molecule has 0 amide bonds. The van der Waals surface area contributed by atoms with Gasteiger partial charge in [-0.25, -0.2) is 9.97 Å². The molecule has 1 aromatic carbocycles. The van der Waals surface area contributed by atoms with Crippen molar-refractivity contribution in [3.05, 3.63) is 45.6 Å². The van der Waals surface area contributed by atoms with Crippen LogP contribution in [0.25, 0.3) is 10.2 Å². The third kappa shape index (κ3) is 2.58. The first-order valence-corrected chi connectivity index (χ1v) is 9.12. The Morgan fingerprint density at radius 1 is 1.33 bits per heavy atom. The Morgan fingerprint density at radius 3 is 3.04 bits per heavy atom. The van der Waals surface area contributed by atoms with Crippen LogP contribution in [-0.4, -0.2) is 15.8 Å². The molecular formula is C18H15ClN2O2S. The molecule has 0 saturated heterocycles. The molecule has 0 N–H and O–H groups in total. The second-order valence-corrected chi connectivity index (χ2v) is 7.26. The number of nitrogens with zero attached hydrogens (tertiary/aromatic N) is 2. The smallest absolute Gasteiger partial charge is 0.231 e. The number of aryl methyl sites for hydroxylation is 2. The number of aromatic nitrogens is 2. The summed E-state index contributed by atoms with van der Waals surface area (Å²) in [4.78, 5) is 23.2. The third-order valence-electron chi connectivity index (χ3n) is 4.24. The monoisotopic (exact) mass is 358 g/mol. The number of benzene rings is 1. The number of rotatable bonds is 4. The first-order chi connectivity index (χ1) is 11.7. The molecule has 0 saturated carbocycles. The van der Waals surface area contributed by atoms with Crippen LogP contribution in [0.4, 0.5) is 0 Å². The van der Waals surface area contributed by atoms with E-state index in [1.54, 1.807) is 29.5 Å². The van der Waals surface area contributed by atoms with E-state index in [2.05, 4.69) is 9.97 Å². The Balaban J connectivity index is 1.82. The minimum absolute atomic E-state index is 0.00616. The quantitative estimate of drug-likeness (QED) is 0.600. The summed E-state index contributed by atoms with van der Waals surface area (Å²) in [5, 5.41) is 1.50. The summed E-state index contributed by atoms with van der Waals surface area (Å²) < 4.78 is 6.06. The lowest BCUT2D eigenvalue weighted by molar-refractivity contribution is 0.0986. The number of carbonyl (C=O) groups is 1. The molecule has 0 radical (unpaired) electrons. The van der Waals surface area contributed by atoms with Gasteiger partial charge in [-0.2, -0.15) is 0 Å². The summed E-state index contributed by atoms with van der Waals surface area (Å²) in [7, 11) is 0.